The number of hydrogen-bond acceptors (Lipinski definition) is 5. The van der Waals surface area contributed by atoms with Crippen LogP contribution in [0, 0.1) is 11.6 Å². The van der Waals surface area contributed by atoms with Crippen molar-refractivity contribution < 1.29 is 27.9 Å². The number of fused-ring (bicyclic) bond motifs is 1. The second kappa shape index (κ2) is 8.90. The maximum Gasteiger partial charge on any atom is 0.254 e. The van der Waals surface area contributed by atoms with Gasteiger partial charge in [0.05, 0.1) is 12.3 Å². The minimum atomic E-state index is -0.503. The number of oxime groups is 1. The van der Waals surface area contributed by atoms with Gasteiger partial charge >= 0.3 is 0 Å². The zero-order chi connectivity index (χ0) is 22.8. The molecule has 3 aromatic rings. The molecule has 0 saturated heterocycles. The molecule has 2 aliphatic heterocycles. The first-order valence-electron chi connectivity index (χ1n) is 10.5. The monoisotopic (exact) mass is 450 g/mol. The van der Waals surface area contributed by atoms with Crippen LogP contribution >= 0.6 is 0 Å². The summed E-state index contributed by atoms with van der Waals surface area (Å²) >= 11 is 0. The molecule has 1 amide bonds. The molecule has 1 unspecified atom stereocenters. The molecule has 0 fully saturated rings. The van der Waals surface area contributed by atoms with Crippen LogP contribution in [-0.2, 0) is 11.4 Å². The third kappa shape index (κ3) is 4.64. The highest BCUT2D eigenvalue weighted by molar-refractivity contribution is 6.02. The van der Waals surface area contributed by atoms with E-state index < -0.39 is 17.7 Å². The average Bonchev–Trinajstić information content (AvgIpc) is 3.47. The Balaban J connectivity index is 1.33. The molecule has 0 aliphatic carbocycles. The zero-order valence-electron chi connectivity index (χ0n) is 17.5. The second-order valence-electron chi connectivity index (χ2n) is 7.86. The normalized spacial score (nSPS) is 16.3. The molecule has 0 radical (unpaired) electrons. The molecule has 2 aliphatic rings. The largest absolute Gasteiger partial charge is 0.454 e. The van der Waals surface area contributed by atoms with E-state index in [9.17, 15) is 13.6 Å². The van der Waals surface area contributed by atoms with Crippen LogP contribution in [0.3, 0.4) is 0 Å². The standard InChI is InChI=1S/C25H20F2N2O4/c26-19-5-1-3-16(9-19)13-29(25(30)18-4-2-6-20(27)10-18)14-21-12-22(28-33-21)17-7-8-23-24(11-17)32-15-31-23/h1-11,21H,12-15H2. The fourth-order valence-corrected chi connectivity index (χ4v) is 3.90. The van der Waals surface area contributed by atoms with Crippen molar-refractivity contribution in [3.63, 3.8) is 0 Å². The Hall–Kier alpha value is -3.94. The second-order valence-corrected chi connectivity index (χ2v) is 7.86. The average molecular weight is 450 g/mol. The lowest BCUT2D eigenvalue weighted by Crippen LogP contribution is -2.37. The lowest BCUT2D eigenvalue weighted by atomic mass is 10.0. The van der Waals surface area contributed by atoms with Crippen molar-refractivity contribution in [3.8, 4) is 11.5 Å². The molecular weight excluding hydrogens is 430 g/mol. The number of benzene rings is 3. The van der Waals surface area contributed by atoms with E-state index in [0.717, 1.165) is 11.3 Å². The number of halogens is 2. The summed E-state index contributed by atoms with van der Waals surface area (Å²) < 4.78 is 38.2. The van der Waals surface area contributed by atoms with Crippen molar-refractivity contribution in [2.45, 2.75) is 19.1 Å². The summed E-state index contributed by atoms with van der Waals surface area (Å²) in [6, 6.07) is 17.1. The van der Waals surface area contributed by atoms with Gasteiger partial charge in [-0.3, -0.25) is 4.79 Å². The van der Waals surface area contributed by atoms with E-state index in [0.29, 0.717) is 23.5 Å². The van der Waals surface area contributed by atoms with Gasteiger partial charge in [0.25, 0.3) is 5.91 Å². The summed E-state index contributed by atoms with van der Waals surface area (Å²) in [6.07, 6.45) is 0.0620. The highest BCUT2D eigenvalue weighted by Crippen LogP contribution is 2.33. The van der Waals surface area contributed by atoms with E-state index in [2.05, 4.69) is 5.16 Å². The van der Waals surface area contributed by atoms with Gasteiger partial charge in [-0.15, -0.1) is 0 Å². The van der Waals surface area contributed by atoms with E-state index in [1.807, 2.05) is 18.2 Å². The summed E-state index contributed by atoms with van der Waals surface area (Å²) in [7, 11) is 0. The molecule has 168 valence electrons. The summed E-state index contributed by atoms with van der Waals surface area (Å²) in [5.74, 6) is 0.0524. The van der Waals surface area contributed by atoms with E-state index in [1.165, 1.54) is 35.2 Å². The van der Waals surface area contributed by atoms with Crippen LogP contribution in [-0.4, -0.2) is 36.0 Å². The topological polar surface area (TPSA) is 60.4 Å². The van der Waals surface area contributed by atoms with Gasteiger partial charge in [0.1, 0.15) is 11.6 Å². The molecule has 5 rings (SSSR count). The number of nitrogens with zero attached hydrogens (tertiary/aromatic N) is 2. The summed E-state index contributed by atoms with van der Waals surface area (Å²) in [5, 5.41) is 4.20. The Morgan fingerprint density at radius 3 is 2.58 bits per heavy atom. The van der Waals surface area contributed by atoms with Crippen molar-refractivity contribution in [2.24, 2.45) is 5.16 Å². The first-order valence-corrected chi connectivity index (χ1v) is 10.5. The molecule has 0 aromatic heterocycles. The van der Waals surface area contributed by atoms with Crippen LogP contribution in [0.15, 0.2) is 71.9 Å². The minimum Gasteiger partial charge on any atom is -0.454 e. The smallest absolute Gasteiger partial charge is 0.254 e. The SMILES string of the molecule is O=C(c1cccc(F)c1)N(Cc1cccc(F)c1)CC1CC(c2ccc3c(c2)OCO3)=NO1. The van der Waals surface area contributed by atoms with Gasteiger partial charge in [-0.05, 0) is 54.1 Å². The summed E-state index contributed by atoms with van der Waals surface area (Å²) in [6.45, 7) is 0.525. The van der Waals surface area contributed by atoms with Gasteiger partial charge in [-0.2, -0.15) is 0 Å². The number of carbonyl (C=O) groups is 1. The van der Waals surface area contributed by atoms with E-state index in [1.54, 1.807) is 18.2 Å². The van der Waals surface area contributed by atoms with Crippen molar-refractivity contribution >= 4 is 11.6 Å². The van der Waals surface area contributed by atoms with Crippen molar-refractivity contribution in [1.29, 1.82) is 0 Å². The summed E-state index contributed by atoms with van der Waals surface area (Å²) in [4.78, 5) is 20.3. The van der Waals surface area contributed by atoms with Crippen molar-refractivity contribution in [3.05, 3.63) is 95.1 Å². The Morgan fingerprint density at radius 1 is 0.970 bits per heavy atom. The van der Waals surface area contributed by atoms with E-state index in [-0.39, 0.29) is 31.4 Å². The van der Waals surface area contributed by atoms with Crippen LogP contribution in [0.2, 0.25) is 0 Å². The zero-order valence-corrected chi connectivity index (χ0v) is 17.5. The molecule has 0 N–H and O–H groups in total. The number of rotatable bonds is 6. The van der Waals surface area contributed by atoms with Gasteiger partial charge in [0, 0.05) is 24.1 Å². The van der Waals surface area contributed by atoms with Crippen LogP contribution in [0.5, 0.6) is 11.5 Å². The number of hydrogen-bond donors (Lipinski definition) is 0. The molecule has 33 heavy (non-hydrogen) atoms. The molecule has 0 spiro atoms. The van der Waals surface area contributed by atoms with Crippen LogP contribution in [0.1, 0.15) is 27.9 Å². The quantitative estimate of drug-likeness (QED) is 0.554. The number of carbonyl (C=O) groups excluding carboxylic acids is 1. The fraction of sp³-hybridized carbons (Fsp3) is 0.200. The van der Waals surface area contributed by atoms with Crippen LogP contribution in [0.25, 0.3) is 0 Å². The minimum absolute atomic E-state index is 0.145. The number of ether oxygens (including phenoxy) is 2. The molecule has 2 heterocycles. The van der Waals surface area contributed by atoms with Gasteiger partial charge in [0.2, 0.25) is 6.79 Å². The fourth-order valence-electron chi connectivity index (χ4n) is 3.90. The first kappa shape index (κ1) is 20.9. The Kier molecular flexibility index (Phi) is 5.64. The van der Waals surface area contributed by atoms with E-state index in [4.69, 9.17) is 14.3 Å². The highest BCUT2D eigenvalue weighted by Gasteiger charge is 2.28. The Labute approximate surface area is 189 Å². The highest BCUT2D eigenvalue weighted by atomic mass is 19.1. The van der Waals surface area contributed by atoms with Gasteiger partial charge in [-0.25, -0.2) is 8.78 Å². The molecule has 6 nitrogen and oxygen atoms in total. The number of amides is 1. The van der Waals surface area contributed by atoms with E-state index >= 15 is 0 Å². The van der Waals surface area contributed by atoms with Crippen LogP contribution < -0.4 is 9.47 Å². The van der Waals surface area contributed by atoms with Crippen LogP contribution in [0.4, 0.5) is 8.78 Å². The Morgan fingerprint density at radius 2 is 1.76 bits per heavy atom. The van der Waals surface area contributed by atoms with Gasteiger partial charge in [-0.1, -0.05) is 23.4 Å². The third-order valence-corrected chi connectivity index (χ3v) is 5.48. The molecule has 0 bridgehead atoms. The first-order chi connectivity index (χ1) is 16.0. The lowest BCUT2D eigenvalue weighted by Gasteiger charge is -2.25. The molecule has 1 atom stereocenters. The maximum atomic E-state index is 13.7. The summed E-state index contributed by atoms with van der Waals surface area (Å²) in [5.41, 5.74) is 2.40. The molecule has 8 heteroatoms. The molecular formula is C25H20F2N2O4. The predicted molar refractivity (Wildman–Crippen MR) is 116 cm³/mol. The Bertz CT molecular complexity index is 1230. The maximum absolute atomic E-state index is 13.7. The van der Waals surface area contributed by atoms with Gasteiger partial charge < -0.3 is 19.2 Å². The predicted octanol–water partition coefficient (Wildman–Crippen LogP) is 4.53. The van der Waals surface area contributed by atoms with Crippen molar-refractivity contribution in [2.75, 3.05) is 13.3 Å². The lowest BCUT2D eigenvalue weighted by molar-refractivity contribution is 0.0404. The molecule has 3 aromatic carbocycles. The third-order valence-electron chi connectivity index (χ3n) is 5.48. The van der Waals surface area contributed by atoms with Gasteiger partial charge in [0.15, 0.2) is 17.6 Å². The molecule has 0 saturated carbocycles. The van der Waals surface area contributed by atoms with Crippen molar-refractivity contribution in [1.82, 2.24) is 4.90 Å².